The van der Waals surface area contributed by atoms with Gasteiger partial charge >= 0.3 is 0 Å². The molecule has 8 heteroatoms. The second kappa shape index (κ2) is 7.53. The summed E-state index contributed by atoms with van der Waals surface area (Å²) in [5.74, 6) is 0.399. The quantitative estimate of drug-likeness (QED) is 0.576. The largest absolute Gasteiger partial charge is 0.293 e. The Balaban J connectivity index is 1.66. The van der Waals surface area contributed by atoms with Crippen LogP contribution in [0.3, 0.4) is 0 Å². The van der Waals surface area contributed by atoms with Gasteiger partial charge in [-0.2, -0.15) is 0 Å². The van der Waals surface area contributed by atoms with Crippen LogP contribution in [0, 0.1) is 0 Å². The van der Waals surface area contributed by atoms with Crippen LogP contribution < -0.4 is 19.8 Å². The molecule has 0 N–H and O–H groups in total. The number of para-hydroxylation sites is 4. The lowest BCUT2D eigenvalue weighted by Crippen LogP contribution is -2.72. The van der Waals surface area contributed by atoms with E-state index in [4.69, 9.17) is 10.2 Å². The molecule has 2 atom stereocenters. The lowest BCUT2D eigenvalue weighted by atomic mass is 9.95. The summed E-state index contributed by atoms with van der Waals surface area (Å²) in [6.07, 6.45) is -0.500. The van der Waals surface area contributed by atoms with Crippen LogP contribution in [0.1, 0.15) is 20.8 Å². The minimum absolute atomic E-state index is 0.141. The Morgan fingerprint density at radius 3 is 1.86 bits per heavy atom. The highest BCUT2D eigenvalue weighted by atomic mass is 16.1. The van der Waals surface area contributed by atoms with Gasteiger partial charge in [-0.1, -0.05) is 48.5 Å². The van der Waals surface area contributed by atoms with E-state index in [1.807, 2.05) is 112 Å². The molecule has 3 aliphatic rings. The maximum Gasteiger partial charge on any atom is 0.199 e. The minimum atomic E-state index is -0.923. The number of hydrogen-bond donors (Lipinski definition) is 0. The molecule has 0 spiro atoms. The maximum atomic E-state index is 12.9. The second-order valence-electron chi connectivity index (χ2n) is 8.95. The van der Waals surface area contributed by atoms with Crippen molar-refractivity contribution in [2.75, 3.05) is 19.8 Å². The van der Waals surface area contributed by atoms with Crippen molar-refractivity contribution >= 4 is 46.0 Å². The Kier molecular flexibility index (Phi) is 4.54. The molecule has 6 rings (SSSR count). The molecule has 174 valence electrons. The molecule has 0 unspecified atom stereocenters. The number of fused-ring (bicyclic) bond motifs is 6. The van der Waals surface area contributed by atoms with E-state index in [2.05, 4.69) is 0 Å². The van der Waals surface area contributed by atoms with E-state index in [0.717, 1.165) is 22.7 Å². The summed E-state index contributed by atoms with van der Waals surface area (Å²) >= 11 is 0. The summed E-state index contributed by atoms with van der Waals surface area (Å²) in [5.41, 5.74) is 2.34. The second-order valence-corrected chi connectivity index (χ2v) is 8.95. The average molecular weight is 465 g/mol. The smallest absolute Gasteiger partial charge is 0.199 e. The lowest BCUT2D eigenvalue weighted by Gasteiger charge is -2.54. The zero-order valence-corrected chi connectivity index (χ0v) is 19.7. The molecule has 0 radical (unpaired) electrons. The summed E-state index contributed by atoms with van der Waals surface area (Å²) in [4.78, 5) is 29.8. The van der Waals surface area contributed by atoms with Crippen molar-refractivity contribution in [3.05, 3.63) is 84.9 Å². The van der Waals surface area contributed by atoms with E-state index in [9.17, 15) is 9.59 Å². The molecule has 0 fully saturated rings. The highest BCUT2D eigenvalue weighted by Crippen LogP contribution is 2.52. The van der Waals surface area contributed by atoms with Gasteiger partial charge in [0.25, 0.3) is 0 Å². The Labute approximate surface area is 203 Å². The molecule has 3 aromatic carbocycles. The van der Waals surface area contributed by atoms with Gasteiger partial charge in [-0.3, -0.25) is 19.4 Å². The number of carbonyl (C=O) groups excluding carboxylic acids is 2. The average Bonchev–Trinajstić information content (AvgIpc) is 3.43. The Bertz CT molecular complexity index is 1400. The van der Waals surface area contributed by atoms with E-state index >= 15 is 0 Å². The fourth-order valence-corrected chi connectivity index (χ4v) is 5.28. The van der Waals surface area contributed by atoms with Crippen LogP contribution in [0.25, 0.3) is 0 Å². The Morgan fingerprint density at radius 1 is 0.714 bits per heavy atom. The van der Waals surface area contributed by atoms with Crippen LogP contribution in [0.5, 0.6) is 0 Å². The molecule has 35 heavy (non-hydrogen) atoms. The summed E-state index contributed by atoms with van der Waals surface area (Å²) in [5, 5.41) is 13.5. The van der Waals surface area contributed by atoms with Crippen molar-refractivity contribution in [1.82, 2.24) is 0 Å². The number of nitrogens with zero attached hydrogens (tertiary/aromatic N) is 6. The van der Waals surface area contributed by atoms with Crippen molar-refractivity contribution in [3.63, 3.8) is 0 Å². The van der Waals surface area contributed by atoms with E-state index in [0.29, 0.717) is 11.7 Å². The third-order valence-electron chi connectivity index (χ3n) is 6.72. The number of ketones is 2. The molecular formula is C27H24N6O2. The number of rotatable bonds is 4. The maximum absolute atomic E-state index is 12.9. The van der Waals surface area contributed by atoms with Crippen LogP contribution in [0.15, 0.2) is 95.1 Å². The van der Waals surface area contributed by atoms with Gasteiger partial charge in [0, 0.05) is 13.8 Å². The number of carbonyl (C=O) groups is 2. The summed E-state index contributed by atoms with van der Waals surface area (Å²) < 4.78 is 0. The molecule has 3 heterocycles. The monoisotopic (exact) mass is 464 g/mol. The van der Waals surface area contributed by atoms with Crippen molar-refractivity contribution in [2.24, 2.45) is 10.2 Å². The van der Waals surface area contributed by atoms with Crippen molar-refractivity contribution in [2.45, 2.75) is 32.6 Å². The Morgan fingerprint density at radius 2 is 1.26 bits per heavy atom. The van der Waals surface area contributed by atoms with E-state index < -0.39 is 11.8 Å². The summed E-state index contributed by atoms with van der Waals surface area (Å²) in [6.45, 7) is 5.11. The van der Waals surface area contributed by atoms with Crippen molar-refractivity contribution in [3.8, 4) is 0 Å². The van der Waals surface area contributed by atoms with Gasteiger partial charge in [0.2, 0.25) is 0 Å². The number of amidine groups is 2. The van der Waals surface area contributed by atoms with Gasteiger partial charge < -0.3 is 0 Å². The summed E-state index contributed by atoms with van der Waals surface area (Å²) in [6, 6.07) is 27.3. The molecular weight excluding hydrogens is 440 g/mol. The first-order valence-electron chi connectivity index (χ1n) is 11.5. The highest BCUT2D eigenvalue weighted by molar-refractivity contribution is 6.47. The molecule has 0 amide bonds. The number of anilines is 4. The third-order valence-corrected chi connectivity index (χ3v) is 6.72. The first-order valence-corrected chi connectivity index (χ1v) is 11.5. The van der Waals surface area contributed by atoms with Gasteiger partial charge in [-0.15, -0.1) is 10.2 Å². The van der Waals surface area contributed by atoms with Gasteiger partial charge in [0.05, 0.1) is 22.7 Å². The first-order chi connectivity index (χ1) is 16.9. The number of benzene rings is 3. The van der Waals surface area contributed by atoms with E-state index in [1.54, 1.807) is 0 Å². The predicted molar refractivity (Wildman–Crippen MR) is 138 cm³/mol. The van der Waals surface area contributed by atoms with Crippen LogP contribution >= 0.6 is 0 Å². The van der Waals surface area contributed by atoms with Gasteiger partial charge in [0.15, 0.2) is 35.1 Å². The molecule has 3 aliphatic heterocycles. The number of Topliss-reactive ketones (excluding diaryl/α,β-unsaturated/α-hetero) is 2. The zero-order valence-electron chi connectivity index (χ0n) is 19.7. The van der Waals surface area contributed by atoms with Crippen LogP contribution in [0.4, 0.5) is 22.7 Å². The fraction of sp³-hybridized carbons (Fsp3) is 0.185. The third kappa shape index (κ3) is 2.86. The number of hydrogen-bond acceptors (Lipinski definition) is 8. The van der Waals surface area contributed by atoms with E-state index in [1.165, 1.54) is 13.8 Å². The molecule has 0 aromatic heterocycles. The highest BCUT2D eigenvalue weighted by Gasteiger charge is 2.63. The van der Waals surface area contributed by atoms with Gasteiger partial charge in [0.1, 0.15) is 0 Å². The normalized spacial score (nSPS) is 22.3. The van der Waals surface area contributed by atoms with Crippen molar-refractivity contribution < 1.29 is 9.59 Å². The first kappa shape index (κ1) is 21.1. The molecule has 0 saturated carbocycles. The van der Waals surface area contributed by atoms with Crippen molar-refractivity contribution in [1.29, 1.82) is 0 Å². The standard InChI is InChI=1S/C27H24N6O2/c1-18(34)24-28-32(20-12-6-4-7-13-20)26-27(3)31(23-17-11-10-16-22(23)30(24)26)25(19(2)35)29-33(27)21-14-8-5-9-15-21/h4-17,26H,1-3H3/t26-,27-/m0/s1. The number of hydrazone groups is 2. The Hall–Kier alpha value is -4.46. The minimum Gasteiger partial charge on any atom is -0.293 e. The topological polar surface area (TPSA) is 71.8 Å². The molecule has 3 aromatic rings. The zero-order chi connectivity index (χ0) is 24.3. The molecule has 0 aliphatic carbocycles. The SMILES string of the molecule is CC(=O)C1=NN(c2ccccc2)[C@@H]2N1c1ccccc1N1C(C(C)=O)=NN(c3ccccc3)[C@@]21C. The van der Waals surface area contributed by atoms with Gasteiger partial charge in [-0.05, 0) is 43.3 Å². The predicted octanol–water partition coefficient (Wildman–Crippen LogP) is 4.20. The fourth-order valence-electron chi connectivity index (χ4n) is 5.28. The molecule has 0 bridgehead atoms. The van der Waals surface area contributed by atoms with Crippen LogP contribution in [-0.2, 0) is 9.59 Å². The van der Waals surface area contributed by atoms with Crippen LogP contribution in [-0.4, -0.2) is 35.1 Å². The van der Waals surface area contributed by atoms with E-state index in [-0.39, 0.29) is 11.6 Å². The van der Waals surface area contributed by atoms with Crippen LogP contribution in [0.2, 0.25) is 0 Å². The lowest BCUT2D eigenvalue weighted by molar-refractivity contribution is -0.112. The molecule has 0 saturated heterocycles. The van der Waals surface area contributed by atoms with Gasteiger partial charge in [-0.25, -0.2) is 10.0 Å². The molecule has 8 nitrogen and oxygen atoms in total. The summed E-state index contributed by atoms with van der Waals surface area (Å²) in [7, 11) is 0.